The third-order valence-electron chi connectivity index (χ3n) is 6.12. The lowest BCUT2D eigenvalue weighted by Crippen LogP contribution is -2.35. The lowest BCUT2D eigenvalue weighted by Gasteiger charge is -2.28. The van der Waals surface area contributed by atoms with Crippen LogP contribution in [0.3, 0.4) is 0 Å². The van der Waals surface area contributed by atoms with E-state index in [0.29, 0.717) is 52.4 Å². The summed E-state index contributed by atoms with van der Waals surface area (Å²) in [6.07, 6.45) is 0.606. The Labute approximate surface area is 203 Å². The number of esters is 1. The average molecular weight is 480 g/mol. The number of thiophene rings is 1. The number of H-pyrrole nitrogens is 1. The Balaban J connectivity index is 1.54. The quantitative estimate of drug-likeness (QED) is 0.503. The second-order valence-electron chi connectivity index (χ2n) is 8.86. The molecule has 34 heavy (non-hydrogen) atoms. The van der Waals surface area contributed by atoms with Crippen LogP contribution in [-0.4, -0.2) is 40.3 Å². The summed E-state index contributed by atoms with van der Waals surface area (Å²) in [7, 11) is 0. The number of hydrogen-bond acceptors (Lipinski definition) is 5. The minimum absolute atomic E-state index is 0.0453. The number of amides is 2. The number of nitrogens with one attached hydrogen (secondary N) is 2. The van der Waals surface area contributed by atoms with Gasteiger partial charge >= 0.3 is 5.97 Å². The van der Waals surface area contributed by atoms with E-state index < -0.39 is 5.97 Å². The van der Waals surface area contributed by atoms with Gasteiger partial charge in [0.25, 0.3) is 11.8 Å². The molecule has 4 rings (SSSR count). The summed E-state index contributed by atoms with van der Waals surface area (Å²) in [5.74, 6) is -0.881. The van der Waals surface area contributed by atoms with Crippen molar-refractivity contribution < 1.29 is 19.1 Å². The van der Waals surface area contributed by atoms with Crippen LogP contribution in [0.4, 0.5) is 5.69 Å². The fraction of sp³-hybridized carbons (Fsp3) is 0.346. The fourth-order valence-electron chi connectivity index (χ4n) is 4.34. The van der Waals surface area contributed by atoms with Crippen molar-refractivity contribution in [2.75, 3.05) is 11.9 Å². The smallest absolute Gasteiger partial charge is 0.340 e. The summed E-state index contributed by atoms with van der Waals surface area (Å²) in [6, 6.07) is 7.42. The maximum absolute atomic E-state index is 13.3. The molecule has 0 saturated heterocycles. The van der Waals surface area contributed by atoms with Crippen LogP contribution in [-0.2, 0) is 17.7 Å². The highest BCUT2D eigenvalue weighted by Crippen LogP contribution is 2.28. The molecule has 3 heterocycles. The highest BCUT2D eigenvalue weighted by molar-refractivity contribution is 7.10. The summed E-state index contributed by atoms with van der Waals surface area (Å²) in [4.78, 5) is 45.1. The van der Waals surface area contributed by atoms with Gasteiger partial charge in [-0.15, -0.1) is 11.3 Å². The van der Waals surface area contributed by atoms with Crippen LogP contribution in [0.1, 0.15) is 72.3 Å². The first-order valence-electron chi connectivity index (χ1n) is 11.3. The zero-order valence-corrected chi connectivity index (χ0v) is 20.9. The first kappa shape index (κ1) is 23.8. The maximum atomic E-state index is 13.3. The lowest BCUT2D eigenvalue weighted by atomic mass is 10.0. The number of rotatable bonds is 5. The predicted octanol–water partition coefficient (Wildman–Crippen LogP) is 5.02. The van der Waals surface area contributed by atoms with E-state index in [1.54, 1.807) is 57.2 Å². The molecule has 0 bridgehead atoms. The number of anilines is 1. The maximum Gasteiger partial charge on any atom is 0.340 e. The molecule has 2 amide bonds. The summed E-state index contributed by atoms with van der Waals surface area (Å²) in [5.41, 5.74) is 4.81. The Hall–Kier alpha value is -3.39. The van der Waals surface area contributed by atoms with E-state index in [1.807, 2.05) is 11.8 Å². The number of aromatic nitrogens is 1. The van der Waals surface area contributed by atoms with Gasteiger partial charge in [-0.05, 0) is 81.3 Å². The van der Waals surface area contributed by atoms with Gasteiger partial charge in [-0.1, -0.05) is 6.07 Å². The molecule has 7 nitrogen and oxygen atoms in total. The van der Waals surface area contributed by atoms with Gasteiger partial charge < -0.3 is 19.9 Å². The predicted molar refractivity (Wildman–Crippen MR) is 133 cm³/mol. The Morgan fingerprint density at radius 2 is 1.88 bits per heavy atom. The van der Waals surface area contributed by atoms with E-state index >= 15 is 0 Å². The normalized spacial score (nSPS) is 13.1. The highest BCUT2D eigenvalue weighted by atomic mass is 32.1. The first-order valence-corrected chi connectivity index (χ1v) is 12.2. The molecule has 1 aliphatic heterocycles. The standard InChI is InChI=1S/C26H29N3O4S/c1-14(2)33-26(32)22-16(4)23(27-17(22)5)24(30)28-20-8-6-7-19(15(20)3)25(31)29-11-9-21-18(13-29)10-12-34-21/h6-8,10,12,14,27H,9,11,13H2,1-5H3,(H,28,30). The number of carbonyl (C=O) groups excluding carboxylic acids is 3. The molecule has 1 aromatic carbocycles. The van der Waals surface area contributed by atoms with E-state index in [4.69, 9.17) is 4.74 Å². The highest BCUT2D eigenvalue weighted by Gasteiger charge is 2.26. The zero-order valence-electron chi connectivity index (χ0n) is 20.1. The van der Waals surface area contributed by atoms with Crippen LogP contribution in [0, 0.1) is 20.8 Å². The minimum atomic E-state index is -0.459. The van der Waals surface area contributed by atoms with Crippen molar-refractivity contribution in [2.24, 2.45) is 0 Å². The molecule has 2 aromatic heterocycles. The van der Waals surface area contributed by atoms with Crippen LogP contribution in [0.25, 0.3) is 0 Å². The third-order valence-corrected chi connectivity index (χ3v) is 7.14. The summed E-state index contributed by atoms with van der Waals surface area (Å²) < 4.78 is 5.31. The molecule has 2 N–H and O–H groups in total. The molecule has 0 fully saturated rings. The zero-order chi connectivity index (χ0) is 24.6. The van der Waals surface area contributed by atoms with Gasteiger partial charge in [0.1, 0.15) is 5.69 Å². The van der Waals surface area contributed by atoms with Crippen LogP contribution in [0.5, 0.6) is 0 Å². The molecule has 0 saturated carbocycles. The molecule has 0 atom stereocenters. The number of aromatic amines is 1. The van der Waals surface area contributed by atoms with E-state index in [-0.39, 0.29) is 17.9 Å². The van der Waals surface area contributed by atoms with Gasteiger partial charge in [-0.25, -0.2) is 4.79 Å². The second kappa shape index (κ2) is 9.46. The van der Waals surface area contributed by atoms with Crippen molar-refractivity contribution in [3.8, 4) is 0 Å². The van der Waals surface area contributed by atoms with Gasteiger partial charge in [-0.3, -0.25) is 9.59 Å². The summed E-state index contributed by atoms with van der Waals surface area (Å²) in [6.45, 7) is 10.1. The number of benzene rings is 1. The Morgan fingerprint density at radius 3 is 2.62 bits per heavy atom. The number of nitrogens with zero attached hydrogens (tertiary/aromatic N) is 1. The molecule has 8 heteroatoms. The van der Waals surface area contributed by atoms with Gasteiger partial charge in [0.15, 0.2) is 0 Å². The van der Waals surface area contributed by atoms with Crippen molar-refractivity contribution in [3.63, 3.8) is 0 Å². The van der Waals surface area contributed by atoms with Gasteiger partial charge in [0.2, 0.25) is 0 Å². The van der Waals surface area contributed by atoms with Crippen molar-refractivity contribution in [2.45, 2.75) is 53.7 Å². The molecule has 1 aliphatic rings. The van der Waals surface area contributed by atoms with Gasteiger partial charge in [-0.2, -0.15) is 0 Å². The molecule has 0 radical (unpaired) electrons. The Morgan fingerprint density at radius 1 is 1.12 bits per heavy atom. The van der Waals surface area contributed by atoms with Crippen molar-refractivity contribution in [1.82, 2.24) is 9.88 Å². The molecular weight excluding hydrogens is 450 g/mol. The van der Waals surface area contributed by atoms with E-state index in [2.05, 4.69) is 21.7 Å². The average Bonchev–Trinajstić information content (AvgIpc) is 3.37. The summed E-state index contributed by atoms with van der Waals surface area (Å²) in [5, 5.41) is 4.97. The largest absolute Gasteiger partial charge is 0.459 e. The van der Waals surface area contributed by atoms with Crippen molar-refractivity contribution in [3.05, 3.63) is 73.7 Å². The minimum Gasteiger partial charge on any atom is -0.459 e. The fourth-order valence-corrected chi connectivity index (χ4v) is 5.23. The number of aryl methyl sites for hydroxylation is 1. The van der Waals surface area contributed by atoms with Gasteiger partial charge in [0.05, 0.1) is 11.7 Å². The van der Waals surface area contributed by atoms with Crippen LogP contribution >= 0.6 is 11.3 Å². The molecule has 0 spiro atoms. The van der Waals surface area contributed by atoms with Crippen LogP contribution in [0.2, 0.25) is 0 Å². The molecular formula is C26H29N3O4S. The summed E-state index contributed by atoms with van der Waals surface area (Å²) >= 11 is 1.74. The second-order valence-corrected chi connectivity index (χ2v) is 9.86. The number of carbonyl (C=O) groups is 3. The third kappa shape index (κ3) is 4.50. The van der Waals surface area contributed by atoms with Crippen LogP contribution < -0.4 is 5.32 Å². The molecule has 0 aliphatic carbocycles. The van der Waals surface area contributed by atoms with E-state index in [9.17, 15) is 14.4 Å². The SMILES string of the molecule is Cc1[nH]c(C(=O)Nc2cccc(C(=O)N3CCc4sccc4C3)c2C)c(C)c1C(=O)OC(C)C. The number of fused-ring (bicyclic) bond motifs is 1. The number of ether oxygens (including phenoxy) is 1. The monoisotopic (exact) mass is 479 g/mol. The van der Waals surface area contributed by atoms with Crippen molar-refractivity contribution >= 4 is 34.8 Å². The Kier molecular flexibility index (Phi) is 6.61. The Bertz CT molecular complexity index is 1270. The lowest BCUT2D eigenvalue weighted by molar-refractivity contribution is 0.0376. The first-order chi connectivity index (χ1) is 16.2. The van der Waals surface area contributed by atoms with E-state index in [1.165, 1.54) is 10.4 Å². The molecule has 3 aromatic rings. The van der Waals surface area contributed by atoms with E-state index in [0.717, 1.165) is 6.42 Å². The molecule has 178 valence electrons. The molecule has 0 unspecified atom stereocenters. The van der Waals surface area contributed by atoms with Gasteiger partial charge in [0, 0.05) is 34.9 Å². The topological polar surface area (TPSA) is 91.5 Å². The van der Waals surface area contributed by atoms with Crippen molar-refractivity contribution in [1.29, 1.82) is 0 Å². The number of hydrogen-bond donors (Lipinski definition) is 2. The van der Waals surface area contributed by atoms with Crippen LogP contribution in [0.15, 0.2) is 29.6 Å².